The van der Waals surface area contributed by atoms with Gasteiger partial charge in [0.2, 0.25) is 5.91 Å². The van der Waals surface area contributed by atoms with Crippen LogP contribution in [0, 0.1) is 5.41 Å². The van der Waals surface area contributed by atoms with Gasteiger partial charge in [-0.25, -0.2) is 0 Å². The van der Waals surface area contributed by atoms with Gasteiger partial charge in [0.15, 0.2) is 0 Å². The van der Waals surface area contributed by atoms with Crippen molar-refractivity contribution in [2.75, 3.05) is 20.1 Å². The smallest absolute Gasteiger partial charge is 0.229 e. The average Bonchev–Trinajstić information content (AvgIpc) is 2.40. The first-order valence-corrected chi connectivity index (χ1v) is 6.91. The Morgan fingerprint density at radius 1 is 1.32 bits per heavy atom. The Bertz CT molecular complexity index is 400. The van der Waals surface area contributed by atoms with Crippen molar-refractivity contribution in [1.29, 1.82) is 0 Å². The zero-order chi connectivity index (χ0) is 14.5. The van der Waals surface area contributed by atoms with Crippen LogP contribution in [-0.4, -0.2) is 30.9 Å². The predicted molar refractivity (Wildman–Crippen MR) is 79.9 cm³/mol. The third-order valence-electron chi connectivity index (χ3n) is 3.50. The summed E-state index contributed by atoms with van der Waals surface area (Å²) in [5.74, 6) is 0.120. The molecule has 0 saturated carbocycles. The number of rotatable bonds is 6. The number of hydrogen-bond donors (Lipinski definition) is 1. The molecule has 0 saturated heterocycles. The van der Waals surface area contributed by atoms with Crippen LogP contribution in [0.1, 0.15) is 38.7 Å². The summed E-state index contributed by atoms with van der Waals surface area (Å²) in [6.45, 7) is 7.48. The molecule has 0 aliphatic rings. The van der Waals surface area contributed by atoms with E-state index in [2.05, 4.69) is 20.8 Å². The minimum absolute atomic E-state index is 0.0423. The number of hydrogen-bond acceptors (Lipinski definition) is 2. The quantitative estimate of drug-likeness (QED) is 0.856. The third kappa shape index (κ3) is 4.35. The van der Waals surface area contributed by atoms with Crippen LogP contribution < -0.4 is 5.73 Å². The predicted octanol–water partition coefficient (Wildman–Crippen LogP) is 2.62. The van der Waals surface area contributed by atoms with Crippen molar-refractivity contribution >= 4 is 5.91 Å². The molecule has 1 unspecified atom stereocenters. The summed E-state index contributed by atoms with van der Waals surface area (Å²) in [5, 5.41) is 0. The molecule has 0 heterocycles. The maximum absolute atomic E-state index is 12.6. The van der Waals surface area contributed by atoms with Gasteiger partial charge >= 0.3 is 0 Å². The maximum atomic E-state index is 12.6. The lowest BCUT2D eigenvalue weighted by Crippen LogP contribution is -2.41. The minimum atomic E-state index is -0.0558. The number of nitrogens with two attached hydrogens (primary N) is 1. The van der Waals surface area contributed by atoms with E-state index in [9.17, 15) is 4.79 Å². The van der Waals surface area contributed by atoms with E-state index in [1.54, 1.807) is 0 Å². The van der Waals surface area contributed by atoms with Crippen LogP contribution in [0.3, 0.4) is 0 Å². The van der Waals surface area contributed by atoms with Crippen molar-refractivity contribution in [3.63, 3.8) is 0 Å². The topological polar surface area (TPSA) is 46.3 Å². The summed E-state index contributed by atoms with van der Waals surface area (Å²) in [5.41, 5.74) is 6.78. The number of nitrogens with zero attached hydrogens (tertiary/aromatic N) is 1. The number of benzene rings is 1. The van der Waals surface area contributed by atoms with Gasteiger partial charge in [-0.2, -0.15) is 0 Å². The molecule has 106 valence electrons. The van der Waals surface area contributed by atoms with Crippen LogP contribution in [0.2, 0.25) is 0 Å². The van der Waals surface area contributed by atoms with Crippen molar-refractivity contribution < 1.29 is 4.79 Å². The lowest BCUT2D eigenvalue weighted by molar-refractivity contribution is -0.132. The van der Waals surface area contributed by atoms with Crippen LogP contribution in [0.25, 0.3) is 0 Å². The Morgan fingerprint density at radius 2 is 1.89 bits per heavy atom. The molecular weight excluding hydrogens is 236 g/mol. The Hall–Kier alpha value is -1.35. The second-order valence-electron chi connectivity index (χ2n) is 5.93. The van der Waals surface area contributed by atoms with E-state index in [-0.39, 0.29) is 17.2 Å². The van der Waals surface area contributed by atoms with E-state index in [0.717, 1.165) is 12.0 Å². The van der Waals surface area contributed by atoms with E-state index < -0.39 is 0 Å². The fourth-order valence-corrected chi connectivity index (χ4v) is 2.29. The van der Waals surface area contributed by atoms with Gasteiger partial charge in [0.25, 0.3) is 0 Å². The minimum Gasteiger partial charge on any atom is -0.345 e. The van der Waals surface area contributed by atoms with Crippen LogP contribution in [-0.2, 0) is 4.79 Å². The number of carbonyl (C=O) groups excluding carboxylic acids is 1. The maximum Gasteiger partial charge on any atom is 0.229 e. The molecule has 3 nitrogen and oxygen atoms in total. The van der Waals surface area contributed by atoms with E-state index in [1.807, 2.05) is 42.3 Å². The molecule has 3 heteroatoms. The van der Waals surface area contributed by atoms with Gasteiger partial charge in [-0.3, -0.25) is 4.79 Å². The summed E-state index contributed by atoms with van der Waals surface area (Å²) >= 11 is 0. The lowest BCUT2D eigenvalue weighted by Gasteiger charge is -2.31. The number of carbonyl (C=O) groups is 1. The molecule has 0 aliphatic heterocycles. The second kappa shape index (κ2) is 6.71. The summed E-state index contributed by atoms with van der Waals surface area (Å²) in [7, 11) is 1.87. The first kappa shape index (κ1) is 15.7. The van der Waals surface area contributed by atoms with E-state index in [4.69, 9.17) is 5.73 Å². The molecule has 0 radical (unpaired) electrons. The molecule has 1 aromatic carbocycles. The molecule has 1 aromatic rings. The summed E-state index contributed by atoms with van der Waals surface area (Å²) in [6.07, 6.45) is 0.816. The standard InChI is InChI=1S/C16H26N2O/c1-5-14(13-9-7-6-8-10-13)15(19)18(4)12-16(2,3)11-17/h6-10,14H,5,11-12,17H2,1-4H3. The fourth-order valence-electron chi connectivity index (χ4n) is 2.29. The van der Waals surface area contributed by atoms with Gasteiger partial charge in [0.05, 0.1) is 5.92 Å². The molecule has 1 amide bonds. The Kier molecular flexibility index (Phi) is 5.55. The van der Waals surface area contributed by atoms with Crippen molar-refractivity contribution in [2.24, 2.45) is 11.1 Å². The Morgan fingerprint density at radius 3 is 2.37 bits per heavy atom. The van der Waals surface area contributed by atoms with Crippen molar-refractivity contribution in [1.82, 2.24) is 4.90 Å². The number of amides is 1. The third-order valence-corrected chi connectivity index (χ3v) is 3.50. The van der Waals surface area contributed by atoms with Gasteiger partial charge in [-0.15, -0.1) is 0 Å². The largest absolute Gasteiger partial charge is 0.345 e. The van der Waals surface area contributed by atoms with Crippen LogP contribution in [0.4, 0.5) is 0 Å². The SMILES string of the molecule is CCC(C(=O)N(C)CC(C)(C)CN)c1ccccc1. The van der Waals surface area contributed by atoms with Gasteiger partial charge in [-0.05, 0) is 23.9 Å². The second-order valence-corrected chi connectivity index (χ2v) is 5.93. The highest BCUT2D eigenvalue weighted by Crippen LogP contribution is 2.23. The van der Waals surface area contributed by atoms with Crippen molar-refractivity contribution in [3.8, 4) is 0 Å². The van der Waals surface area contributed by atoms with Crippen LogP contribution in [0.5, 0.6) is 0 Å². The van der Waals surface area contributed by atoms with E-state index >= 15 is 0 Å². The van der Waals surface area contributed by atoms with Gasteiger partial charge in [-0.1, -0.05) is 51.1 Å². The lowest BCUT2D eigenvalue weighted by atomic mass is 9.91. The summed E-state index contributed by atoms with van der Waals surface area (Å²) in [6, 6.07) is 9.98. The number of likely N-dealkylation sites (N-methyl/N-ethyl adjacent to an activating group) is 1. The zero-order valence-electron chi connectivity index (χ0n) is 12.5. The molecule has 0 spiro atoms. The molecule has 1 atom stereocenters. The molecule has 0 fully saturated rings. The van der Waals surface area contributed by atoms with E-state index in [1.165, 1.54) is 0 Å². The summed E-state index contributed by atoms with van der Waals surface area (Å²) < 4.78 is 0. The monoisotopic (exact) mass is 262 g/mol. The molecule has 2 N–H and O–H groups in total. The highest BCUT2D eigenvalue weighted by molar-refractivity contribution is 5.83. The molecular formula is C16H26N2O. The van der Waals surface area contributed by atoms with Gasteiger partial charge in [0.1, 0.15) is 0 Å². The van der Waals surface area contributed by atoms with Crippen molar-refractivity contribution in [2.45, 2.75) is 33.1 Å². The average molecular weight is 262 g/mol. The molecule has 0 aromatic heterocycles. The molecule has 1 rings (SSSR count). The normalized spacial score (nSPS) is 13.1. The van der Waals surface area contributed by atoms with Crippen LogP contribution in [0.15, 0.2) is 30.3 Å². The first-order valence-electron chi connectivity index (χ1n) is 6.91. The fraction of sp³-hybridized carbons (Fsp3) is 0.562. The highest BCUT2D eigenvalue weighted by Gasteiger charge is 2.26. The van der Waals surface area contributed by atoms with Gasteiger partial charge in [0, 0.05) is 13.6 Å². The molecule has 0 aliphatic carbocycles. The Labute approximate surface area is 116 Å². The Balaban J connectivity index is 2.80. The molecule has 0 bridgehead atoms. The molecule has 19 heavy (non-hydrogen) atoms. The zero-order valence-corrected chi connectivity index (χ0v) is 12.5. The summed E-state index contributed by atoms with van der Waals surface area (Å²) in [4.78, 5) is 14.4. The van der Waals surface area contributed by atoms with Crippen LogP contribution >= 0.6 is 0 Å². The van der Waals surface area contributed by atoms with Gasteiger partial charge < -0.3 is 10.6 Å². The first-order chi connectivity index (χ1) is 8.91. The van der Waals surface area contributed by atoms with Crippen molar-refractivity contribution in [3.05, 3.63) is 35.9 Å². The van der Waals surface area contributed by atoms with E-state index in [0.29, 0.717) is 13.1 Å². The highest BCUT2D eigenvalue weighted by atomic mass is 16.2.